The first-order valence-electron chi connectivity index (χ1n) is 5.10. The molecule has 2 rings (SSSR count). The fraction of sp³-hybridized carbons (Fsp3) is 0.0909. The quantitative estimate of drug-likeness (QED) is 0.489. The van der Waals surface area contributed by atoms with Crippen molar-refractivity contribution >= 4 is 23.3 Å². The maximum Gasteiger partial charge on any atom is 0.341 e. The zero-order valence-electron chi connectivity index (χ0n) is 9.74. The van der Waals surface area contributed by atoms with E-state index in [2.05, 4.69) is 9.84 Å². The van der Waals surface area contributed by atoms with Crippen molar-refractivity contribution in [2.75, 3.05) is 7.11 Å². The Labute approximate surface area is 112 Å². The van der Waals surface area contributed by atoms with Gasteiger partial charge in [0, 0.05) is 17.3 Å². The number of carbonyl (C=O) groups excluding carboxylic acids is 1. The van der Waals surface area contributed by atoms with E-state index in [0.717, 1.165) is 0 Å². The Kier molecular flexibility index (Phi) is 3.48. The molecule has 0 aliphatic heterocycles. The van der Waals surface area contributed by atoms with Gasteiger partial charge in [-0.05, 0) is 12.1 Å². The Morgan fingerprint density at radius 1 is 1.53 bits per heavy atom. The summed E-state index contributed by atoms with van der Waals surface area (Å²) in [5.41, 5.74) is 0.211. The molecule has 0 aliphatic carbocycles. The lowest BCUT2D eigenvalue weighted by Crippen LogP contribution is -2.01. The van der Waals surface area contributed by atoms with Crippen LogP contribution in [-0.4, -0.2) is 27.8 Å². The molecule has 0 saturated carbocycles. The van der Waals surface area contributed by atoms with Gasteiger partial charge in [0.1, 0.15) is 5.69 Å². The lowest BCUT2D eigenvalue weighted by Gasteiger charge is -2.02. The number of nitrogens with zero attached hydrogens (tertiary/aromatic N) is 3. The van der Waals surface area contributed by atoms with Crippen LogP contribution in [0, 0.1) is 10.1 Å². The molecule has 0 bridgehead atoms. The highest BCUT2D eigenvalue weighted by molar-refractivity contribution is 6.30. The van der Waals surface area contributed by atoms with E-state index in [-0.39, 0.29) is 22.0 Å². The number of esters is 1. The second-order valence-electron chi connectivity index (χ2n) is 3.56. The van der Waals surface area contributed by atoms with Crippen molar-refractivity contribution in [2.45, 2.75) is 0 Å². The number of benzene rings is 1. The van der Waals surface area contributed by atoms with Crippen molar-refractivity contribution in [1.29, 1.82) is 0 Å². The molecule has 98 valence electrons. The number of nitro benzene ring substituents is 1. The number of hydrogen-bond donors (Lipinski definition) is 0. The molecule has 19 heavy (non-hydrogen) atoms. The molecule has 0 atom stereocenters. The van der Waals surface area contributed by atoms with Crippen LogP contribution >= 0.6 is 11.6 Å². The first kappa shape index (κ1) is 13.0. The van der Waals surface area contributed by atoms with E-state index in [1.165, 1.54) is 42.4 Å². The minimum Gasteiger partial charge on any atom is -0.465 e. The highest BCUT2D eigenvalue weighted by Gasteiger charge is 2.18. The van der Waals surface area contributed by atoms with Gasteiger partial charge in [0.2, 0.25) is 0 Å². The maximum absolute atomic E-state index is 11.3. The molecule has 0 fully saturated rings. The van der Waals surface area contributed by atoms with Gasteiger partial charge in [-0.1, -0.05) is 11.6 Å². The smallest absolute Gasteiger partial charge is 0.341 e. The summed E-state index contributed by atoms with van der Waals surface area (Å²) >= 11 is 5.72. The Morgan fingerprint density at radius 2 is 2.26 bits per heavy atom. The van der Waals surface area contributed by atoms with Crippen molar-refractivity contribution in [3.05, 3.63) is 51.3 Å². The van der Waals surface area contributed by atoms with Gasteiger partial charge in [-0.15, -0.1) is 0 Å². The highest BCUT2D eigenvalue weighted by Crippen LogP contribution is 2.26. The standard InChI is InChI=1S/C11H8ClN3O4/c1-19-11(16)7-5-13-14(6-7)9-3-2-8(12)4-10(9)15(17)18/h2-6H,1H3. The Balaban J connectivity index is 2.50. The first-order chi connectivity index (χ1) is 9.02. The number of hydrogen-bond acceptors (Lipinski definition) is 5. The maximum atomic E-state index is 11.3. The molecule has 1 aromatic heterocycles. The van der Waals surface area contributed by atoms with Crippen LogP contribution in [-0.2, 0) is 4.74 Å². The van der Waals surface area contributed by atoms with Gasteiger partial charge in [-0.25, -0.2) is 9.48 Å². The van der Waals surface area contributed by atoms with Gasteiger partial charge in [0.15, 0.2) is 0 Å². The molecule has 0 aliphatic rings. The number of rotatable bonds is 3. The number of ether oxygens (including phenoxy) is 1. The monoisotopic (exact) mass is 281 g/mol. The number of aromatic nitrogens is 2. The summed E-state index contributed by atoms with van der Waals surface area (Å²) in [6, 6.07) is 4.17. The fourth-order valence-corrected chi connectivity index (χ4v) is 1.68. The summed E-state index contributed by atoms with van der Waals surface area (Å²) < 4.78 is 5.76. The molecule has 2 aromatic rings. The van der Waals surface area contributed by atoms with Crippen LogP contribution in [0.2, 0.25) is 5.02 Å². The zero-order chi connectivity index (χ0) is 14.0. The first-order valence-corrected chi connectivity index (χ1v) is 5.48. The van der Waals surface area contributed by atoms with Crippen LogP contribution in [0.25, 0.3) is 5.69 Å². The minimum atomic E-state index is -0.569. The van der Waals surface area contributed by atoms with Gasteiger partial charge in [0.25, 0.3) is 5.69 Å². The van der Waals surface area contributed by atoms with Gasteiger partial charge in [-0.2, -0.15) is 5.10 Å². The molecule has 1 aromatic carbocycles. The average molecular weight is 282 g/mol. The van der Waals surface area contributed by atoms with Crippen LogP contribution in [0.5, 0.6) is 0 Å². The summed E-state index contributed by atoms with van der Waals surface area (Å²) in [7, 11) is 1.24. The molecule has 1 heterocycles. The van der Waals surface area contributed by atoms with E-state index in [1.54, 1.807) is 0 Å². The predicted octanol–water partition coefficient (Wildman–Crippen LogP) is 2.22. The Hall–Kier alpha value is -2.41. The molecule has 0 spiro atoms. The molecule has 0 saturated heterocycles. The highest BCUT2D eigenvalue weighted by atomic mass is 35.5. The lowest BCUT2D eigenvalue weighted by molar-refractivity contribution is -0.384. The Bertz CT molecular complexity index is 653. The Morgan fingerprint density at radius 3 is 2.89 bits per heavy atom. The third-order valence-electron chi connectivity index (χ3n) is 2.38. The van der Waals surface area contributed by atoms with Crippen molar-refractivity contribution < 1.29 is 14.5 Å². The molecule has 0 radical (unpaired) electrons. The lowest BCUT2D eigenvalue weighted by atomic mass is 10.2. The second-order valence-corrected chi connectivity index (χ2v) is 3.99. The summed E-state index contributed by atoms with van der Waals surface area (Å²) in [6.45, 7) is 0. The third kappa shape index (κ3) is 2.55. The summed E-state index contributed by atoms with van der Waals surface area (Å²) in [5.74, 6) is -0.567. The molecular formula is C11H8ClN3O4. The average Bonchev–Trinajstić information content (AvgIpc) is 2.87. The molecule has 0 N–H and O–H groups in total. The van der Waals surface area contributed by atoms with Gasteiger partial charge in [-0.3, -0.25) is 10.1 Å². The van der Waals surface area contributed by atoms with E-state index in [1.807, 2.05) is 0 Å². The summed E-state index contributed by atoms with van der Waals surface area (Å²) in [4.78, 5) is 21.7. The normalized spacial score (nSPS) is 10.2. The topological polar surface area (TPSA) is 87.3 Å². The van der Waals surface area contributed by atoms with Crippen molar-refractivity contribution in [1.82, 2.24) is 9.78 Å². The van der Waals surface area contributed by atoms with E-state index in [9.17, 15) is 14.9 Å². The fourth-order valence-electron chi connectivity index (χ4n) is 1.51. The van der Waals surface area contributed by atoms with Gasteiger partial charge in [0.05, 0.1) is 23.8 Å². The minimum absolute atomic E-state index is 0.201. The van der Waals surface area contributed by atoms with E-state index in [4.69, 9.17) is 11.6 Å². The van der Waals surface area contributed by atoms with Crippen LogP contribution in [0.3, 0.4) is 0 Å². The molecule has 7 nitrogen and oxygen atoms in total. The van der Waals surface area contributed by atoms with E-state index < -0.39 is 10.9 Å². The molecule has 0 amide bonds. The van der Waals surface area contributed by atoms with E-state index in [0.29, 0.717) is 0 Å². The summed E-state index contributed by atoms with van der Waals surface area (Å²) in [5, 5.41) is 15.1. The van der Waals surface area contributed by atoms with Crippen LogP contribution in [0.1, 0.15) is 10.4 Å². The third-order valence-corrected chi connectivity index (χ3v) is 2.62. The number of methoxy groups -OCH3 is 1. The molecule has 8 heteroatoms. The van der Waals surface area contributed by atoms with Crippen molar-refractivity contribution in [2.24, 2.45) is 0 Å². The predicted molar refractivity (Wildman–Crippen MR) is 66.6 cm³/mol. The van der Waals surface area contributed by atoms with Crippen LogP contribution < -0.4 is 0 Å². The zero-order valence-corrected chi connectivity index (χ0v) is 10.5. The van der Waals surface area contributed by atoms with Gasteiger partial charge >= 0.3 is 5.97 Å². The SMILES string of the molecule is COC(=O)c1cnn(-c2ccc(Cl)cc2[N+](=O)[O-])c1. The van der Waals surface area contributed by atoms with Crippen molar-refractivity contribution in [3.8, 4) is 5.69 Å². The largest absolute Gasteiger partial charge is 0.465 e. The molecule has 0 unspecified atom stereocenters. The summed E-state index contributed by atoms with van der Waals surface area (Å²) in [6.07, 6.45) is 2.62. The second kappa shape index (κ2) is 5.07. The van der Waals surface area contributed by atoms with E-state index >= 15 is 0 Å². The molecular weight excluding hydrogens is 274 g/mol. The number of carbonyl (C=O) groups is 1. The number of nitro groups is 1. The van der Waals surface area contributed by atoms with Crippen molar-refractivity contribution in [3.63, 3.8) is 0 Å². The van der Waals surface area contributed by atoms with Gasteiger partial charge < -0.3 is 4.74 Å². The van der Waals surface area contributed by atoms with Crippen LogP contribution in [0.15, 0.2) is 30.6 Å². The van der Waals surface area contributed by atoms with Crippen LogP contribution in [0.4, 0.5) is 5.69 Å². The number of halogens is 1.